The van der Waals surface area contributed by atoms with Crippen molar-refractivity contribution in [1.29, 1.82) is 0 Å². The number of piperazine rings is 1. The summed E-state index contributed by atoms with van der Waals surface area (Å²) < 4.78 is 5.31. The first kappa shape index (κ1) is 19.4. The predicted octanol–water partition coefficient (Wildman–Crippen LogP) is 3.11. The fourth-order valence-corrected chi connectivity index (χ4v) is 3.90. The molecule has 150 valence electrons. The van der Waals surface area contributed by atoms with Gasteiger partial charge in [-0.15, -0.1) is 11.3 Å². The summed E-state index contributed by atoms with van der Waals surface area (Å²) >= 11 is 1.54. The fraction of sp³-hybridized carbons (Fsp3) is 0.286. The quantitative estimate of drug-likeness (QED) is 0.699. The van der Waals surface area contributed by atoms with E-state index >= 15 is 0 Å². The van der Waals surface area contributed by atoms with E-state index in [0.717, 1.165) is 16.1 Å². The van der Waals surface area contributed by atoms with Crippen molar-refractivity contribution in [2.24, 2.45) is 0 Å². The van der Waals surface area contributed by atoms with Gasteiger partial charge in [-0.05, 0) is 30.5 Å². The fourth-order valence-electron chi connectivity index (χ4n) is 3.22. The molecule has 0 bridgehead atoms. The first-order valence-corrected chi connectivity index (χ1v) is 10.4. The molecule has 1 fully saturated rings. The molecule has 4 rings (SSSR count). The van der Waals surface area contributed by atoms with E-state index in [9.17, 15) is 9.59 Å². The molecule has 0 radical (unpaired) electrons. The van der Waals surface area contributed by atoms with E-state index in [2.05, 4.69) is 10.5 Å². The van der Waals surface area contributed by atoms with Crippen molar-refractivity contribution in [3.63, 3.8) is 0 Å². The zero-order valence-corrected chi connectivity index (χ0v) is 16.9. The average Bonchev–Trinajstić information content (AvgIpc) is 3.41. The highest BCUT2D eigenvalue weighted by Crippen LogP contribution is 2.25. The van der Waals surface area contributed by atoms with E-state index < -0.39 is 0 Å². The molecule has 2 amide bonds. The molecule has 0 spiro atoms. The zero-order chi connectivity index (χ0) is 20.2. The van der Waals surface area contributed by atoms with Crippen molar-refractivity contribution in [2.45, 2.75) is 6.92 Å². The monoisotopic (exact) mass is 410 g/mol. The average molecular weight is 410 g/mol. The number of thiophene rings is 1. The molecule has 1 aliphatic rings. The van der Waals surface area contributed by atoms with Crippen LogP contribution in [0.3, 0.4) is 0 Å². The van der Waals surface area contributed by atoms with Crippen LogP contribution in [0.4, 0.5) is 5.69 Å². The van der Waals surface area contributed by atoms with Crippen LogP contribution in [0.25, 0.3) is 10.6 Å². The molecule has 29 heavy (non-hydrogen) atoms. The molecule has 2 aromatic heterocycles. The van der Waals surface area contributed by atoms with Gasteiger partial charge in [0.25, 0.3) is 5.91 Å². The van der Waals surface area contributed by atoms with Crippen LogP contribution in [0.5, 0.6) is 0 Å². The Labute approximate surface area is 172 Å². The normalized spacial score (nSPS) is 14.7. The maximum atomic E-state index is 12.7. The summed E-state index contributed by atoms with van der Waals surface area (Å²) in [5.41, 5.74) is 2.26. The van der Waals surface area contributed by atoms with E-state index in [4.69, 9.17) is 4.52 Å². The number of aryl methyl sites for hydroxylation is 1. The van der Waals surface area contributed by atoms with Gasteiger partial charge in [-0.25, -0.2) is 0 Å². The van der Waals surface area contributed by atoms with Gasteiger partial charge in [0, 0.05) is 37.9 Å². The number of anilines is 1. The number of nitrogens with one attached hydrogen (secondary N) is 1. The number of hydrogen-bond donors (Lipinski definition) is 1. The lowest BCUT2D eigenvalue weighted by Gasteiger charge is -2.33. The molecule has 0 saturated carbocycles. The SMILES string of the molecule is Cc1ccc(NC(=O)CN2CCN(C(=O)c3cc(-c4cccs4)on3)CC2)cc1. The van der Waals surface area contributed by atoms with E-state index in [1.165, 1.54) is 0 Å². The molecule has 0 aliphatic carbocycles. The molecule has 0 unspecified atom stereocenters. The Morgan fingerprint density at radius 1 is 1.14 bits per heavy atom. The van der Waals surface area contributed by atoms with Crippen LogP contribution in [-0.2, 0) is 4.79 Å². The summed E-state index contributed by atoms with van der Waals surface area (Å²) in [4.78, 5) is 29.7. The minimum atomic E-state index is -0.139. The third-order valence-corrected chi connectivity index (χ3v) is 5.74. The molecule has 0 atom stereocenters. The van der Waals surface area contributed by atoms with Crippen LogP contribution < -0.4 is 5.32 Å². The van der Waals surface area contributed by atoms with Gasteiger partial charge in [-0.2, -0.15) is 0 Å². The molecular weight excluding hydrogens is 388 g/mol. The van der Waals surface area contributed by atoms with E-state index in [0.29, 0.717) is 44.2 Å². The summed E-state index contributed by atoms with van der Waals surface area (Å²) in [5, 5.41) is 8.79. The Bertz CT molecular complexity index is 974. The number of amides is 2. The van der Waals surface area contributed by atoms with Crippen LogP contribution in [-0.4, -0.2) is 59.5 Å². The van der Waals surface area contributed by atoms with Gasteiger partial charge >= 0.3 is 0 Å². The molecule has 3 heterocycles. The molecule has 1 aliphatic heterocycles. The Kier molecular flexibility index (Phi) is 5.73. The molecule has 7 nitrogen and oxygen atoms in total. The highest BCUT2D eigenvalue weighted by molar-refractivity contribution is 7.13. The Morgan fingerprint density at radius 2 is 1.90 bits per heavy atom. The number of nitrogens with zero attached hydrogens (tertiary/aromatic N) is 3. The van der Waals surface area contributed by atoms with Gasteiger partial charge in [-0.1, -0.05) is 28.9 Å². The zero-order valence-electron chi connectivity index (χ0n) is 16.1. The third kappa shape index (κ3) is 4.72. The lowest BCUT2D eigenvalue weighted by molar-refractivity contribution is -0.117. The van der Waals surface area contributed by atoms with Crippen molar-refractivity contribution in [1.82, 2.24) is 15.0 Å². The summed E-state index contributed by atoms with van der Waals surface area (Å²) in [6.07, 6.45) is 0. The smallest absolute Gasteiger partial charge is 0.276 e. The molecule has 1 N–H and O–H groups in total. The summed E-state index contributed by atoms with van der Waals surface area (Å²) in [6, 6.07) is 13.3. The minimum absolute atomic E-state index is 0.0503. The number of carbonyl (C=O) groups is 2. The first-order valence-electron chi connectivity index (χ1n) is 9.47. The van der Waals surface area contributed by atoms with E-state index in [-0.39, 0.29) is 11.8 Å². The van der Waals surface area contributed by atoms with Crippen LogP contribution in [0, 0.1) is 6.92 Å². The largest absolute Gasteiger partial charge is 0.355 e. The lowest BCUT2D eigenvalue weighted by atomic mass is 10.2. The molecular formula is C21H22N4O3S. The number of aromatic nitrogens is 1. The van der Waals surface area contributed by atoms with Gasteiger partial charge in [-0.3, -0.25) is 14.5 Å². The van der Waals surface area contributed by atoms with Gasteiger partial charge in [0.15, 0.2) is 11.5 Å². The van der Waals surface area contributed by atoms with Gasteiger partial charge in [0.2, 0.25) is 5.91 Å². The van der Waals surface area contributed by atoms with Gasteiger partial charge in [0.1, 0.15) is 0 Å². The van der Waals surface area contributed by atoms with E-state index in [1.54, 1.807) is 22.3 Å². The molecule has 1 aromatic carbocycles. The van der Waals surface area contributed by atoms with Crippen LogP contribution >= 0.6 is 11.3 Å². The number of hydrogen-bond acceptors (Lipinski definition) is 6. The number of benzene rings is 1. The van der Waals surface area contributed by atoms with Crippen molar-refractivity contribution in [2.75, 3.05) is 38.0 Å². The summed E-state index contributed by atoms with van der Waals surface area (Å²) in [7, 11) is 0. The highest BCUT2D eigenvalue weighted by atomic mass is 32.1. The van der Waals surface area contributed by atoms with Crippen molar-refractivity contribution in [3.05, 3.63) is 59.1 Å². The second kappa shape index (κ2) is 8.59. The minimum Gasteiger partial charge on any atom is -0.355 e. The second-order valence-corrected chi connectivity index (χ2v) is 7.98. The van der Waals surface area contributed by atoms with Gasteiger partial charge < -0.3 is 14.7 Å². The number of carbonyl (C=O) groups excluding carboxylic acids is 2. The summed E-state index contributed by atoms with van der Waals surface area (Å²) in [6.45, 7) is 4.71. The van der Waals surface area contributed by atoms with Crippen LogP contribution in [0.2, 0.25) is 0 Å². The number of rotatable bonds is 5. The van der Waals surface area contributed by atoms with Crippen molar-refractivity contribution in [3.8, 4) is 10.6 Å². The molecule has 3 aromatic rings. The Balaban J connectivity index is 1.27. The maximum Gasteiger partial charge on any atom is 0.276 e. The molecule has 1 saturated heterocycles. The Morgan fingerprint density at radius 3 is 2.59 bits per heavy atom. The van der Waals surface area contributed by atoms with Gasteiger partial charge in [0.05, 0.1) is 11.4 Å². The first-order chi connectivity index (χ1) is 14.1. The predicted molar refractivity (Wildman–Crippen MR) is 112 cm³/mol. The highest BCUT2D eigenvalue weighted by Gasteiger charge is 2.25. The van der Waals surface area contributed by atoms with Crippen LogP contribution in [0.1, 0.15) is 16.1 Å². The maximum absolute atomic E-state index is 12.7. The lowest BCUT2D eigenvalue weighted by Crippen LogP contribution is -2.50. The Hall–Kier alpha value is -2.97. The third-order valence-electron chi connectivity index (χ3n) is 4.86. The van der Waals surface area contributed by atoms with Crippen molar-refractivity contribution < 1.29 is 14.1 Å². The van der Waals surface area contributed by atoms with E-state index in [1.807, 2.05) is 53.6 Å². The summed E-state index contributed by atoms with van der Waals surface area (Å²) in [5.74, 6) is 0.417. The van der Waals surface area contributed by atoms with Crippen LogP contribution in [0.15, 0.2) is 52.4 Å². The van der Waals surface area contributed by atoms with Crippen molar-refractivity contribution >= 4 is 28.8 Å². The topological polar surface area (TPSA) is 78.7 Å². The molecule has 8 heteroatoms. The second-order valence-electron chi connectivity index (χ2n) is 7.04. The standard InChI is InChI=1S/C21H22N4O3S/c1-15-4-6-16(7-5-15)22-20(26)14-24-8-10-25(11-9-24)21(27)17-13-18(28-23-17)19-3-2-12-29-19/h2-7,12-13H,8-11,14H2,1H3,(H,22,26).